The number of hydrogen-bond donors (Lipinski definition) is 3. The van der Waals surface area contributed by atoms with Gasteiger partial charge in [0.2, 0.25) is 6.21 Å². The van der Waals surface area contributed by atoms with Gasteiger partial charge < -0.3 is 16.2 Å². The summed E-state index contributed by atoms with van der Waals surface area (Å²) in [7, 11) is 0. The molecule has 16 heavy (non-hydrogen) atoms. The van der Waals surface area contributed by atoms with Gasteiger partial charge in [0.1, 0.15) is 12.4 Å². The molecule has 0 heterocycles. The minimum atomic E-state index is -0.0182. The predicted octanol–water partition coefficient (Wildman–Crippen LogP) is -1.06. The number of nitrogens with zero attached hydrogens (tertiary/aromatic N) is 1. The minimum Gasteiger partial charge on any atom is -0.490 e. The van der Waals surface area contributed by atoms with Crippen LogP contribution in [0.1, 0.15) is 5.56 Å². The van der Waals surface area contributed by atoms with Gasteiger partial charge in [0.15, 0.2) is 0 Å². The summed E-state index contributed by atoms with van der Waals surface area (Å²) in [6.07, 6.45) is 3.36. The van der Waals surface area contributed by atoms with Crippen LogP contribution >= 0.6 is 0 Å². The molecule has 0 fully saturated rings. The lowest BCUT2D eigenvalue weighted by Gasteiger charge is -2.01. The zero-order valence-corrected chi connectivity index (χ0v) is 8.89. The normalized spacial score (nSPS) is 10.0. The number of nitrogens with two attached hydrogens (primary N) is 2. The summed E-state index contributed by atoms with van der Waals surface area (Å²) < 4.78 is 5.37. The first-order valence-electron chi connectivity index (χ1n) is 4.73. The average Bonchev–Trinajstić information content (AvgIpc) is 2.26. The Labute approximate surface area is 94.1 Å². The standard InChI is InChI=1S/C11H14N4O/c1-2-6-16-10-5-3-4-9(7-10)8-14-15-11(12)13/h2-5,7-8H,1,6H2,(H4,12,13,15)/p+1/b14-8+. The van der Waals surface area contributed by atoms with E-state index >= 15 is 0 Å². The van der Waals surface area contributed by atoms with Crippen LogP contribution in [-0.4, -0.2) is 18.8 Å². The second-order valence-corrected chi connectivity index (χ2v) is 2.98. The molecule has 84 valence electrons. The van der Waals surface area contributed by atoms with Crippen molar-refractivity contribution in [2.45, 2.75) is 0 Å². The summed E-state index contributed by atoms with van der Waals surface area (Å²) in [5.74, 6) is 0.746. The monoisotopic (exact) mass is 219 g/mol. The van der Waals surface area contributed by atoms with Crippen LogP contribution in [0.5, 0.6) is 5.75 Å². The number of hydrazone groups is 1. The number of ether oxygens (including phenoxy) is 1. The van der Waals surface area contributed by atoms with Crippen molar-refractivity contribution in [2.24, 2.45) is 16.6 Å². The van der Waals surface area contributed by atoms with Crippen molar-refractivity contribution in [1.82, 2.24) is 0 Å². The van der Waals surface area contributed by atoms with Crippen LogP contribution in [0.25, 0.3) is 0 Å². The van der Waals surface area contributed by atoms with E-state index in [1.54, 1.807) is 12.3 Å². The molecule has 1 aromatic rings. The molecule has 5 N–H and O–H groups in total. The molecule has 5 nitrogen and oxygen atoms in total. The van der Waals surface area contributed by atoms with Gasteiger partial charge in [0.25, 0.3) is 5.96 Å². The molecule has 0 aliphatic heterocycles. The first-order chi connectivity index (χ1) is 7.72. The van der Waals surface area contributed by atoms with E-state index in [0.717, 1.165) is 11.3 Å². The number of rotatable bonds is 5. The maximum Gasteiger partial charge on any atom is 0.256 e. The average molecular weight is 219 g/mol. The van der Waals surface area contributed by atoms with Gasteiger partial charge in [-0.2, -0.15) is 0 Å². The summed E-state index contributed by atoms with van der Waals surface area (Å²) in [6.45, 7) is 4.05. The zero-order chi connectivity index (χ0) is 11.8. The van der Waals surface area contributed by atoms with Gasteiger partial charge in [0.05, 0.1) is 0 Å². The Morgan fingerprint density at radius 2 is 2.31 bits per heavy atom. The van der Waals surface area contributed by atoms with Gasteiger partial charge in [-0.15, -0.1) is 5.10 Å². The third-order valence-electron chi connectivity index (χ3n) is 1.65. The summed E-state index contributed by atoms with van der Waals surface area (Å²) in [6, 6.07) is 7.50. The summed E-state index contributed by atoms with van der Waals surface area (Å²) in [4.78, 5) is 0. The fourth-order valence-corrected chi connectivity index (χ4v) is 1.03. The van der Waals surface area contributed by atoms with Gasteiger partial charge in [-0.25, -0.2) is 0 Å². The van der Waals surface area contributed by atoms with Gasteiger partial charge in [0, 0.05) is 10.7 Å². The second-order valence-electron chi connectivity index (χ2n) is 2.98. The number of hydrogen-bond acceptors (Lipinski definition) is 2. The molecule has 0 aromatic heterocycles. The molecule has 1 aromatic carbocycles. The van der Waals surface area contributed by atoms with Crippen LogP contribution in [0.4, 0.5) is 0 Å². The van der Waals surface area contributed by atoms with Crippen LogP contribution in [0.15, 0.2) is 42.0 Å². The first kappa shape index (κ1) is 11.8. The predicted molar refractivity (Wildman–Crippen MR) is 64.1 cm³/mol. The van der Waals surface area contributed by atoms with Crippen molar-refractivity contribution in [3.63, 3.8) is 0 Å². The Morgan fingerprint density at radius 3 is 3.00 bits per heavy atom. The molecule has 0 unspecified atom stereocenters. The smallest absolute Gasteiger partial charge is 0.256 e. The third-order valence-corrected chi connectivity index (χ3v) is 1.65. The largest absolute Gasteiger partial charge is 0.490 e. The van der Waals surface area contributed by atoms with Crippen molar-refractivity contribution in [2.75, 3.05) is 6.61 Å². The van der Waals surface area contributed by atoms with Gasteiger partial charge >= 0.3 is 0 Å². The summed E-state index contributed by atoms with van der Waals surface area (Å²) in [5, 5.41) is 6.24. The fourth-order valence-electron chi connectivity index (χ4n) is 1.03. The van der Waals surface area contributed by atoms with E-state index < -0.39 is 0 Å². The van der Waals surface area contributed by atoms with E-state index in [9.17, 15) is 0 Å². The molecule has 0 aliphatic rings. The van der Waals surface area contributed by atoms with Crippen LogP contribution in [0.2, 0.25) is 0 Å². The quantitative estimate of drug-likeness (QED) is 0.255. The van der Waals surface area contributed by atoms with E-state index in [0.29, 0.717) is 6.61 Å². The van der Waals surface area contributed by atoms with Crippen molar-refractivity contribution in [1.29, 1.82) is 0 Å². The number of nitrogens with one attached hydrogen (secondary N) is 1. The highest BCUT2D eigenvalue weighted by molar-refractivity contribution is 5.77. The maximum absolute atomic E-state index is 5.37. The van der Waals surface area contributed by atoms with Crippen LogP contribution < -0.4 is 21.3 Å². The van der Waals surface area contributed by atoms with Gasteiger partial charge in [-0.1, -0.05) is 18.7 Å². The second kappa shape index (κ2) is 6.23. The molecule has 0 saturated carbocycles. The highest BCUT2D eigenvalue weighted by Crippen LogP contribution is 2.11. The Hall–Kier alpha value is -2.30. The number of benzene rings is 1. The summed E-state index contributed by atoms with van der Waals surface area (Å²) >= 11 is 0. The van der Waals surface area contributed by atoms with Crippen LogP contribution in [-0.2, 0) is 0 Å². The highest BCUT2D eigenvalue weighted by atomic mass is 16.5. The van der Waals surface area contributed by atoms with Gasteiger partial charge in [-0.3, -0.25) is 0 Å². The molecule has 5 heteroatoms. The molecule has 1 rings (SSSR count). The molecular weight excluding hydrogens is 204 g/mol. The van der Waals surface area contributed by atoms with Crippen LogP contribution in [0.3, 0.4) is 0 Å². The van der Waals surface area contributed by atoms with E-state index in [1.165, 1.54) is 0 Å². The molecule has 0 radical (unpaired) electrons. The molecular formula is C11H15N4O+. The Kier molecular flexibility index (Phi) is 4.59. The van der Waals surface area contributed by atoms with Crippen molar-refractivity contribution in [3.8, 4) is 5.75 Å². The topological polar surface area (TPSA) is 87.6 Å². The Balaban J connectivity index is 2.70. The summed E-state index contributed by atoms with van der Waals surface area (Å²) in [5.41, 5.74) is 11.2. The maximum atomic E-state index is 5.37. The lowest BCUT2D eigenvalue weighted by molar-refractivity contribution is -0.456. The molecule has 0 bridgehead atoms. The van der Waals surface area contributed by atoms with E-state index in [1.807, 2.05) is 24.3 Å². The van der Waals surface area contributed by atoms with Crippen molar-refractivity contribution < 1.29 is 9.84 Å². The first-order valence-corrected chi connectivity index (χ1v) is 4.73. The Bertz CT molecular complexity index is 408. The lowest BCUT2D eigenvalue weighted by Crippen LogP contribution is -2.63. The molecule has 0 atom stereocenters. The highest BCUT2D eigenvalue weighted by Gasteiger charge is 1.95. The van der Waals surface area contributed by atoms with Gasteiger partial charge in [-0.05, 0) is 18.2 Å². The minimum absolute atomic E-state index is 0.0182. The molecule has 0 saturated heterocycles. The molecule has 0 amide bonds. The van der Waals surface area contributed by atoms with E-state index in [4.69, 9.17) is 16.2 Å². The Morgan fingerprint density at radius 1 is 1.50 bits per heavy atom. The van der Waals surface area contributed by atoms with E-state index in [2.05, 4.69) is 16.8 Å². The van der Waals surface area contributed by atoms with E-state index in [-0.39, 0.29) is 5.96 Å². The molecule has 0 spiro atoms. The zero-order valence-electron chi connectivity index (χ0n) is 8.89. The van der Waals surface area contributed by atoms with Crippen molar-refractivity contribution in [3.05, 3.63) is 42.5 Å². The molecule has 0 aliphatic carbocycles. The van der Waals surface area contributed by atoms with Crippen LogP contribution in [0, 0.1) is 0 Å². The van der Waals surface area contributed by atoms with Crippen molar-refractivity contribution >= 4 is 12.2 Å². The number of guanidine groups is 1. The lowest BCUT2D eigenvalue weighted by atomic mass is 10.2. The third kappa shape index (κ3) is 4.28. The fraction of sp³-hybridized carbons (Fsp3) is 0.0909. The SMILES string of the molecule is C=CCOc1cccc(/C=[NH+]/N=C(N)N)c1.